The Hall–Kier alpha value is -2.38. The zero-order valence-electron chi connectivity index (χ0n) is 14.6. The molecule has 0 bridgehead atoms. The van der Waals surface area contributed by atoms with Gasteiger partial charge in [0.25, 0.3) is 0 Å². The molecule has 2 amide bonds. The second kappa shape index (κ2) is 6.26. The first kappa shape index (κ1) is 16.5. The van der Waals surface area contributed by atoms with Crippen LogP contribution in [-0.4, -0.2) is 26.0 Å². The Labute approximate surface area is 141 Å². The zero-order valence-corrected chi connectivity index (χ0v) is 14.6. The van der Waals surface area contributed by atoms with Gasteiger partial charge in [0, 0.05) is 24.4 Å². The molecule has 8 nitrogen and oxygen atoms in total. The normalized spacial score (nSPS) is 17.4. The van der Waals surface area contributed by atoms with Crippen molar-refractivity contribution in [1.82, 2.24) is 25.2 Å². The zero-order chi connectivity index (χ0) is 17.3. The van der Waals surface area contributed by atoms with E-state index in [1.165, 1.54) is 0 Å². The molecule has 0 aliphatic carbocycles. The number of nitrogens with zero attached hydrogens (tertiary/aromatic N) is 4. The molecule has 3 rings (SSSR count). The van der Waals surface area contributed by atoms with Crippen molar-refractivity contribution in [2.24, 2.45) is 0 Å². The first-order chi connectivity index (χ1) is 11.4. The highest BCUT2D eigenvalue weighted by Gasteiger charge is 2.26. The smallest absolute Gasteiger partial charge is 0.321 e. The third kappa shape index (κ3) is 3.42. The maximum absolute atomic E-state index is 12.3. The average molecular weight is 332 g/mol. The van der Waals surface area contributed by atoms with Gasteiger partial charge in [-0.3, -0.25) is 5.32 Å². The van der Waals surface area contributed by atoms with Crippen LogP contribution in [-0.2, 0) is 18.4 Å². The summed E-state index contributed by atoms with van der Waals surface area (Å²) in [5, 5.41) is 14.0. The monoisotopic (exact) mass is 332 g/mol. The predicted octanol–water partition coefficient (Wildman–Crippen LogP) is 2.78. The molecule has 0 aromatic carbocycles. The lowest BCUT2D eigenvalue weighted by molar-refractivity contribution is 0.244. The Balaban J connectivity index is 1.66. The summed E-state index contributed by atoms with van der Waals surface area (Å²) < 4.78 is 7.17. The maximum atomic E-state index is 12.3. The lowest BCUT2D eigenvalue weighted by atomic mass is 9.93. The number of nitrogens with one attached hydrogen (secondary N) is 2. The fourth-order valence-corrected chi connectivity index (χ4v) is 2.68. The molecule has 1 aliphatic heterocycles. The van der Waals surface area contributed by atoms with Crippen molar-refractivity contribution in [2.75, 3.05) is 5.32 Å². The van der Waals surface area contributed by atoms with Crippen LogP contribution in [0.4, 0.5) is 10.6 Å². The Morgan fingerprint density at radius 2 is 2.25 bits per heavy atom. The number of amides is 2. The Morgan fingerprint density at radius 1 is 1.46 bits per heavy atom. The van der Waals surface area contributed by atoms with Gasteiger partial charge in [-0.05, 0) is 12.8 Å². The van der Waals surface area contributed by atoms with Crippen LogP contribution in [0.2, 0.25) is 0 Å². The molecule has 3 heterocycles. The molecule has 2 N–H and O–H groups in total. The van der Waals surface area contributed by atoms with Gasteiger partial charge in [0.1, 0.15) is 11.6 Å². The van der Waals surface area contributed by atoms with Crippen molar-refractivity contribution < 1.29 is 9.32 Å². The Kier molecular flexibility index (Phi) is 4.29. The number of carbonyl (C=O) groups excluding carboxylic acids is 1. The molecule has 8 heteroatoms. The van der Waals surface area contributed by atoms with E-state index in [0.29, 0.717) is 5.82 Å². The standard InChI is InChI=1S/C16H24N6O2/c1-5-12-18-14-10(7-6-8-22(14)20-12)17-15(23)19-13-9-11(24-21-13)16(2,3)4/h9-10H,5-8H2,1-4H3,(H2,17,19,21,23). The number of aromatic nitrogens is 4. The van der Waals surface area contributed by atoms with Crippen LogP contribution >= 0.6 is 0 Å². The van der Waals surface area contributed by atoms with E-state index in [2.05, 4.69) is 25.9 Å². The van der Waals surface area contributed by atoms with Gasteiger partial charge in [0.15, 0.2) is 11.6 Å². The number of aryl methyl sites for hydroxylation is 2. The van der Waals surface area contributed by atoms with Crippen molar-refractivity contribution >= 4 is 11.8 Å². The summed E-state index contributed by atoms with van der Waals surface area (Å²) in [4.78, 5) is 16.8. The van der Waals surface area contributed by atoms with Crippen molar-refractivity contribution in [3.8, 4) is 0 Å². The van der Waals surface area contributed by atoms with Crippen LogP contribution in [0.25, 0.3) is 0 Å². The summed E-state index contributed by atoms with van der Waals surface area (Å²) in [6.45, 7) is 8.95. The fraction of sp³-hybridized carbons (Fsp3) is 0.625. The molecule has 24 heavy (non-hydrogen) atoms. The van der Waals surface area contributed by atoms with Gasteiger partial charge >= 0.3 is 6.03 Å². The number of fused-ring (bicyclic) bond motifs is 1. The minimum absolute atomic E-state index is 0.138. The minimum Gasteiger partial charge on any atom is -0.359 e. The summed E-state index contributed by atoms with van der Waals surface area (Å²) in [6, 6.07) is 1.29. The van der Waals surface area contributed by atoms with Crippen LogP contribution in [0.15, 0.2) is 10.6 Å². The number of hydrogen-bond donors (Lipinski definition) is 2. The van der Waals surface area contributed by atoms with Gasteiger partial charge in [-0.2, -0.15) is 5.10 Å². The van der Waals surface area contributed by atoms with E-state index in [0.717, 1.165) is 43.2 Å². The minimum atomic E-state index is -0.316. The van der Waals surface area contributed by atoms with Gasteiger partial charge in [0.05, 0.1) is 6.04 Å². The quantitative estimate of drug-likeness (QED) is 0.900. The molecule has 0 radical (unpaired) electrons. The van der Waals surface area contributed by atoms with Crippen LogP contribution in [0.5, 0.6) is 0 Å². The van der Waals surface area contributed by atoms with Crippen molar-refractivity contribution in [1.29, 1.82) is 0 Å². The molecular formula is C16H24N6O2. The molecule has 1 atom stereocenters. The summed E-state index contributed by atoms with van der Waals surface area (Å²) in [7, 11) is 0. The Morgan fingerprint density at radius 3 is 2.92 bits per heavy atom. The Bertz CT molecular complexity index is 727. The second-order valence-corrected chi connectivity index (χ2v) is 7.08. The van der Waals surface area contributed by atoms with E-state index in [1.54, 1.807) is 6.07 Å². The first-order valence-corrected chi connectivity index (χ1v) is 8.35. The number of rotatable bonds is 3. The predicted molar refractivity (Wildman–Crippen MR) is 88.7 cm³/mol. The van der Waals surface area contributed by atoms with E-state index in [-0.39, 0.29) is 17.5 Å². The molecule has 0 fully saturated rings. The highest BCUT2D eigenvalue weighted by molar-refractivity contribution is 5.88. The van der Waals surface area contributed by atoms with Crippen molar-refractivity contribution in [3.05, 3.63) is 23.5 Å². The molecule has 1 unspecified atom stereocenters. The van der Waals surface area contributed by atoms with Gasteiger partial charge in [-0.15, -0.1) is 0 Å². The van der Waals surface area contributed by atoms with Crippen LogP contribution in [0.3, 0.4) is 0 Å². The molecule has 0 saturated carbocycles. The van der Waals surface area contributed by atoms with Gasteiger partial charge < -0.3 is 9.84 Å². The van der Waals surface area contributed by atoms with Gasteiger partial charge in [-0.25, -0.2) is 14.5 Å². The van der Waals surface area contributed by atoms with Gasteiger partial charge in [0.2, 0.25) is 0 Å². The van der Waals surface area contributed by atoms with E-state index in [9.17, 15) is 4.79 Å². The summed E-state index contributed by atoms with van der Waals surface area (Å²) >= 11 is 0. The molecule has 130 valence electrons. The molecular weight excluding hydrogens is 308 g/mol. The van der Waals surface area contributed by atoms with Crippen LogP contribution in [0, 0.1) is 0 Å². The van der Waals surface area contributed by atoms with Gasteiger partial charge in [-0.1, -0.05) is 32.9 Å². The lowest BCUT2D eigenvalue weighted by Crippen LogP contribution is -2.36. The molecule has 1 aliphatic rings. The lowest BCUT2D eigenvalue weighted by Gasteiger charge is -2.22. The topological polar surface area (TPSA) is 97.9 Å². The number of hydrogen-bond acceptors (Lipinski definition) is 5. The van der Waals surface area contributed by atoms with E-state index in [4.69, 9.17) is 4.52 Å². The highest BCUT2D eigenvalue weighted by atomic mass is 16.5. The maximum Gasteiger partial charge on any atom is 0.321 e. The SMILES string of the molecule is CCc1nc2n(n1)CCCC2NC(=O)Nc1cc(C(C)(C)C)on1. The first-order valence-electron chi connectivity index (χ1n) is 8.35. The van der Waals surface area contributed by atoms with E-state index >= 15 is 0 Å². The van der Waals surface area contributed by atoms with E-state index in [1.807, 2.05) is 32.4 Å². The van der Waals surface area contributed by atoms with Crippen molar-refractivity contribution in [3.63, 3.8) is 0 Å². The third-order valence-corrected chi connectivity index (χ3v) is 4.03. The third-order valence-electron chi connectivity index (χ3n) is 4.03. The number of carbonyl (C=O) groups is 1. The number of anilines is 1. The fourth-order valence-electron chi connectivity index (χ4n) is 2.68. The average Bonchev–Trinajstić information content (AvgIpc) is 3.13. The molecule has 0 spiro atoms. The second-order valence-electron chi connectivity index (χ2n) is 7.08. The molecule has 0 saturated heterocycles. The summed E-state index contributed by atoms with van der Waals surface area (Å²) in [5.74, 6) is 2.76. The summed E-state index contributed by atoms with van der Waals surface area (Å²) in [6.07, 6.45) is 2.59. The molecule has 2 aromatic heterocycles. The summed E-state index contributed by atoms with van der Waals surface area (Å²) in [5.41, 5.74) is -0.153. The van der Waals surface area contributed by atoms with Crippen LogP contribution in [0.1, 0.15) is 64.0 Å². The largest absolute Gasteiger partial charge is 0.359 e. The number of urea groups is 1. The highest BCUT2D eigenvalue weighted by Crippen LogP contribution is 2.25. The van der Waals surface area contributed by atoms with Crippen LogP contribution < -0.4 is 10.6 Å². The van der Waals surface area contributed by atoms with E-state index < -0.39 is 0 Å². The van der Waals surface area contributed by atoms with Crippen molar-refractivity contribution in [2.45, 2.75) is 65.0 Å². The molecule has 2 aromatic rings.